The van der Waals surface area contributed by atoms with E-state index < -0.39 is 0 Å². The third-order valence-corrected chi connectivity index (χ3v) is 4.67. The molecular weight excluding hydrogens is 268 g/mol. The van der Waals surface area contributed by atoms with Crippen LogP contribution in [0.3, 0.4) is 0 Å². The number of methoxy groups -OCH3 is 1. The monoisotopic (exact) mass is 290 g/mol. The first-order chi connectivity index (χ1) is 10.1. The fourth-order valence-corrected chi connectivity index (χ4v) is 3.52. The Labute approximate surface area is 124 Å². The Morgan fingerprint density at radius 3 is 2.81 bits per heavy atom. The summed E-state index contributed by atoms with van der Waals surface area (Å²) in [5.41, 5.74) is 1.38. The number of hydrogen-bond donors (Lipinski definition) is 0. The van der Waals surface area contributed by atoms with Crippen LogP contribution >= 0.6 is 0 Å². The molecule has 1 atom stereocenters. The third-order valence-electron chi connectivity index (χ3n) is 4.67. The Morgan fingerprint density at radius 1 is 1.29 bits per heavy atom. The Morgan fingerprint density at radius 2 is 2.10 bits per heavy atom. The zero-order valence-corrected chi connectivity index (χ0v) is 12.7. The molecule has 1 saturated heterocycles. The molecule has 5 heteroatoms. The van der Waals surface area contributed by atoms with Crippen molar-refractivity contribution < 1.29 is 9.53 Å². The smallest absolute Gasteiger partial charge is 0.259 e. The molecule has 0 aliphatic carbocycles. The van der Waals surface area contributed by atoms with E-state index in [1.165, 1.54) is 19.6 Å². The normalized spacial score (nSPS) is 21.2. The Kier molecular flexibility index (Phi) is 3.74. The molecule has 1 amide bonds. The van der Waals surface area contributed by atoms with E-state index >= 15 is 0 Å². The molecule has 0 N–H and O–H groups in total. The highest BCUT2D eigenvalue weighted by Gasteiger charge is 2.31. The number of likely N-dealkylation sites (tertiary alicyclic amines) is 1. The first kappa shape index (κ1) is 14.2. The number of nitrogens with zero attached hydrogens (tertiary/aromatic N) is 2. The molecule has 0 spiro atoms. The molecule has 3 rings (SSSR count). The SMILES string of the molecule is COc1cc(=O)n2c(c1C(=O)N1CCCC[C@@H]1C)CCC2. The van der Waals surface area contributed by atoms with Crippen molar-refractivity contribution in [2.75, 3.05) is 13.7 Å². The van der Waals surface area contributed by atoms with E-state index in [0.29, 0.717) is 17.9 Å². The summed E-state index contributed by atoms with van der Waals surface area (Å²) in [5, 5.41) is 0. The van der Waals surface area contributed by atoms with Crippen molar-refractivity contribution in [3.8, 4) is 5.75 Å². The van der Waals surface area contributed by atoms with Gasteiger partial charge in [-0.15, -0.1) is 0 Å². The first-order valence-corrected chi connectivity index (χ1v) is 7.75. The second-order valence-electron chi connectivity index (χ2n) is 5.97. The molecule has 3 heterocycles. The van der Waals surface area contributed by atoms with Gasteiger partial charge in [-0.2, -0.15) is 0 Å². The van der Waals surface area contributed by atoms with Crippen LogP contribution in [0.2, 0.25) is 0 Å². The van der Waals surface area contributed by atoms with Crippen molar-refractivity contribution in [3.05, 3.63) is 27.7 Å². The van der Waals surface area contributed by atoms with Crippen LogP contribution in [-0.2, 0) is 13.0 Å². The minimum atomic E-state index is -0.0670. The zero-order chi connectivity index (χ0) is 15.0. The van der Waals surface area contributed by atoms with Gasteiger partial charge >= 0.3 is 0 Å². The van der Waals surface area contributed by atoms with E-state index in [2.05, 4.69) is 6.92 Å². The molecule has 1 aromatic rings. The number of aromatic nitrogens is 1. The van der Waals surface area contributed by atoms with E-state index in [-0.39, 0.29) is 17.5 Å². The van der Waals surface area contributed by atoms with E-state index in [9.17, 15) is 9.59 Å². The van der Waals surface area contributed by atoms with Gasteiger partial charge in [0, 0.05) is 30.9 Å². The molecule has 0 unspecified atom stereocenters. The van der Waals surface area contributed by atoms with Crippen molar-refractivity contribution in [1.29, 1.82) is 0 Å². The van der Waals surface area contributed by atoms with Gasteiger partial charge in [-0.1, -0.05) is 0 Å². The van der Waals surface area contributed by atoms with Gasteiger partial charge in [0.05, 0.1) is 7.11 Å². The maximum absolute atomic E-state index is 13.0. The fourth-order valence-electron chi connectivity index (χ4n) is 3.52. The number of carbonyl (C=O) groups is 1. The largest absolute Gasteiger partial charge is 0.496 e. The summed E-state index contributed by atoms with van der Waals surface area (Å²) in [6.45, 7) is 3.59. The van der Waals surface area contributed by atoms with Crippen molar-refractivity contribution in [2.45, 2.75) is 51.6 Å². The minimum absolute atomic E-state index is 0.0182. The average molecular weight is 290 g/mol. The predicted octanol–water partition coefficient (Wildman–Crippen LogP) is 1.82. The highest BCUT2D eigenvalue weighted by Crippen LogP contribution is 2.29. The summed E-state index contributed by atoms with van der Waals surface area (Å²) in [6.07, 6.45) is 4.96. The lowest BCUT2D eigenvalue weighted by Gasteiger charge is -2.34. The van der Waals surface area contributed by atoms with Crippen LogP contribution in [0.25, 0.3) is 0 Å². The van der Waals surface area contributed by atoms with Gasteiger partial charge in [-0.05, 0) is 39.0 Å². The minimum Gasteiger partial charge on any atom is -0.496 e. The Bertz CT molecular complexity index is 621. The van der Waals surface area contributed by atoms with Crippen LogP contribution in [0.1, 0.15) is 48.7 Å². The van der Waals surface area contributed by atoms with Crippen LogP contribution in [-0.4, -0.2) is 35.1 Å². The van der Waals surface area contributed by atoms with Crippen molar-refractivity contribution in [2.24, 2.45) is 0 Å². The number of piperidine rings is 1. The molecule has 0 aromatic carbocycles. The van der Waals surface area contributed by atoms with Gasteiger partial charge in [-0.3, -0.25) is 9.59 Å². The summed E-state index contributed by atoms with van der Waals surface area (Å²) in [7, 11) is 1.52. The third kappa shape index (κ3) is 2.34. The van der Waals surface area contributed by atoms with E-state index in [1.54, 1.807) is 4.57 Å². The van der Waals surface area contributed by atoms with Crippen molar-refractivity contribution >= 4 is 5.91 Å². The number of pyridine rings is 1. The summed E-state index contributed by atoms with van der Waals surface area (Å²) >= 11 is 0. The van der Waals surface area contributed by atoms with Crippen LogP contribution < -0.4 is 10.3 Å². The van der Waals surface area contributed by atoms with Gasteiger partial charge in [0.15, 0.2) is 0 Å². The van der Waals surface area contributed by atoms with Crippen molar-refractivity contribution in [1.82, 2.24) is 9.47 Å². The Balaban J connectivity index is 2.07. The van der Waals surface area contributed by atoms with E-state index in [0.717, 1.165) is 37.9 Å². The van der Waals surface area contributed by atoms with E-state index in [4.69, 9.17) is 4.74 Å². The van der Waals surface area contributed by atoms with Crippen molar-refractivity contribution in [3.63, 3.8) is 0 Å². The molecule has 1 aromatic heterocycles. The number of hydrogen-bond acceptors (Lipinski definition) is 3. The van der Waals surface area contributed by atoms with Gasteiger partial charge < -0.3 is 14.2 Å². The van der Waals surface area contributed by atoms with Crippen LogP contribution in [0.5, 0.6) is 5.75 Å². The molecule has 114 valence electrons. The maximum Gasteiger partial charge on any atom is 0.259 e. The molecule has 1 fully saturated rings. The molecule has 0 saturated carbocycles. The first-order valence-electron chi connectivity index (χ1n) is 7.75. The predicted molar refractivity (Wildman–Crippen MR) is 79.9 cm³/mol. The standard InChI is InChI=1S/C16H22N2O3/c1-11-6-3-4-8-17(11)16(20)15-12-7-5-9-18(12)14(19)10-13(15)21-2/h10-11H,3-9H2,1-2H3/t11-/m0/s1. The molecule has 0 bridgehead atoms. The number of rotatable bonds is 2. The van der Waals surface area contributed by atoms with Gasteiger partial charge in [0.25, 0.3) is 11.5 Å². The fraction of sp³-hybridized carbons (Fsp3) is 0.625. The second-order valence-corrected chi connectivity index (χ2v) is 5.97. The molecule has 2 aliphatic rings. The number of carbonyl (C=O) groups excluding carboxylic acids is 1. The summed E-state index contributed by atoms with van der Waals surface area (Å²) < 4.78 is 7.06. The average Bonchev–Trinajstić information content (AvgIpc) is 2.96. The van der Waals surface area contributed by atoms with Crippen LogP contribution in [0, 0.1) is 0 Å². The summed E-state index contributed by atoms with van der Waals surface area (Å²) in [4.78, 5) is 27.0. The molecule has 5 nitrogen and oxygen atoms in total. The highest BCUT2D eigenvalue weighted by atomic mass is 16.5. The van der Waals surface area contributed by atoms with Crippen LogP contribution in [0.15, 0.2) is 10.9 Å². The lowest BCUT2D eigenvalue weighted by atomic mass is 10.0. The molecule has 0 radical (unpaired) electrons. The number of fused-ring (bicyclic) bond motifs is 1. The Hall–Kier alpha value is -1.78. The highest BCUT2D eigenvalue weighted by molar-refractivity contribution is 5.98. The second kappa shape index (κ2) is 5.54. The summed E-state index contributed by atoms with van der Waals surface area (Å²) in [6, 6.07) is 1.71. The summed E-state index contributed by atoms with van der Waals surface area (Å²) in [5.74, 6) is 0.445. The number of amides is 1. The zero-order valence-electron chi connectivity index (χ0n) is 12.7. The van der Waals surface area contributed by atoms with Gasteiger partial charge in [-0.25, -0.2) is 0 Å². The number of ether oxygens (including phenoxy) is 1. The molecular formula is C16H22N2O3. The molecule has 2 aliphatic heterocycles. The van der Waals surface area contributed by atoms with Gasteiger partial charge in [0.2, 0.25) is 0 Å². The quantitative estimate of drug-likeness (QED) is 0.835. The van der Waals surface area contributed by atoms with Crippen LogP contribution in [0.4, 0.5) is 0 Å². The maximum atomic E-state index is 13.0. The van der Waals surface area contributed by atoms with E-state index in [1.807, 2.05) is 4.90 Å². The van der Waals surface area contributed by atoms with Gasteiger partial charge in [0.1, 0.15) is 11.3 Å². The molecule has 21 heavy (non-hydrogen) atoms. The lowest BCUT2D eigenvalue weighted by molar-refractivity contribution is 0.0630. The lowest BCUT2D eigenvalue weighted by Crippen LogP contribution is -2.43. The topological polar surface area (TPSA) is 51.5 Å².